The number of amides is 1. The molecule has 1 fully saturated rings. The predicted octanol–water partition coefficient (Wildman–Crippen LogP) is 2.83. The summed E-state index contributed by atoms with van der Waals surface area (Å²) in [4.78, 5) is 14.1. The van der Waals surface area contributed by atoms with Crippen LogP contribution in [-0.4, -0.2) is 23.9 Å². The van der Waals surface area contributed by atoms with Crippen molar-refractivity contribution in [3.05, 3.63) is 0 Å². The van der Waals surface area contributed by atoms with E-state index in [2.05, 4.69) is 18.7 Å². The van der Waals surface area contributed by atoms with E-state index >= 15 is 0 Å². The van der Waals surface area contributed by atoms with Gasteiger partial charge >= 0.3 is 0 Å². The van der Waals surface area contributed by atoms with Gasteiger partial charge in [0.15, 0.2) is 0 Å². The maximum absolute atomic E-state index is 12.0. The maximum atomic E-state index is 12.0. The van der Waals surface area contributed by atoms with Crippen molar-refractivity contribution >= 4 is 5.91 Å². The van der Waals surface area contributed by atoms with Crippen LogP contribution in [0, 0.1) is 5.92 Å². The van der Waals surface area contributed by atoms with Gasteiger partial charge in [0.2, 0.25) is 5.91 Å². The predicted molar refractivity (Wildman–Crippen MR) is 59.1 cm³/mol. The molecule has 0 N–H and O–H groups in total. The summed E-state index contributed by atoms with van der Waals surface area (Å²) < 4.78 is 0. The van der Waals surface area contributed by atoms with Gasteiger partial charge in [0.25, 0.3) is 0 Å². The van der Waals surface area contributed by atoms with Gasteiger partial charge in [0.1, 0.15) is 0 Å². The van der Waals surface area contributed by atoms with Crippen molar-refractivity contribution in [2.75, 3.05) is 13.1 Å². The molecule has 2 nitrogen and oxygen atoms in total. The Labute approximate surface area is 87.7 Å². The molecule has 0 aliphatic carbocycles. The Kier molecular flexibility index (Phi) is 4.99. The molecular formula is C12H23NO. The number of nitrogens with zero attached hydrogens (tertiary/aromatic N) is 1. The third kappa shape index (κ3) is 3.00. The largest absolute Gasteiger partial charge is 0.342 e. The monoisotopic (exact) mass is 197 g/mol. The third-order valence-corrected chi connectivity index (χ3v) is 3.25. The summed E-state index contributed by atoms with van der Waals surface area (Å²) in [6.45, 7) is 6.22. The molecule has 0 aromatic rings. The molecule has 14 heavy (non-hydrogen) atoms. The summed E-state index contributed by atoms with van der Waals surface area (Å²) in [5.41, 5.74) is 0. The zero-order valence-corrected chi connectivity index (χ0v) is 9.59. The van der Waals surface area contributed by atoms with E-state index in [0.29, 0.717) is 5.91 Å². The minimum absolute atomic E-state index is 0.271. The second kappa shape index (κ2) is 6.05. The van der Waals surface area contributed by atoms with Gasteiger partial charge in [-0.2, -0.15) is 0 Å². The first-order chi connectivity index (χ1) is 6.79. The van der Waals surface area contributed by atoms with E-state index < -0.39 is 0 Å². The molecular weight excluding hydrogens is 174 g/mol. The maximum Gasteiger partial charge on any atom is 0.225 e. The molecule has 1 amide bonds. The van der Waals surface area contributed by atoms with E-state index in [1.54, 1.807) is 0 Å². The van der Waals surface area contributed by atoms with Crippen molar-refractivity contribution in [3.8, 4) is 0 Å². The first-order valence-corrected chi connectivity index (χ1v) is 6.08. The van der Waals surface area contributed by atoms with E-state index in [0.717, 1.165) is 25.9 Å². The molecule has 2 heteroatoms. The number of hydrogen-bond donors (Lipinski definition) is 0. The Morgan fingerprint density at radius 2 is 1.57 bits per heavy atom. The van der Waals surface area contributed by atoms with Crippen LogP contribution >= 0.6 is 0 Å². The van der Waals surface area contributed by atoms with Crippen LogP contribution in [0.25, 0.3) is 0 Å². The van der Waals surface area contributed by atoms with Crippen molar-refractivity contribution in [1.29, 1.82) is 0 Å². The highest BCUT2D eigenvalue weighted by Gasteiger charge is 2.21. The van der Waals surface area contributed by atoms with Crippen LogP contribution in [0.5, 0.6) is 0 Å². The molecule has 0 atom stereocenters. The average molecular weight is 197 g/mol. The molecule has 0 bridgehead atoms. The van der Waals surface area contributed by atoms with Crippen molar-refractivity contribution in [2.24, 2.45) is 5.92 Å². The van der Waals surface area contributed by atoms with Gasteiger partial charge in [-0.05, 0) is 25.7 Å². The third-order valence-electron chi connectivity index (χ3n) is 3.25. The minimum atomic E-state index is 0.271. The average Bonchev–Trinajstić information content (AvgIpc) is 2.47. The SMILES string of the molecule is CCC(CC)C(=O)N1CCCCCC1. The molecule has 0 saturated carbocycles. The Morgan fingerprint density at radius 1 is 1.07 bits per heavy atom. The fraction of sp³-hybridized carbons (Fsp3) is 0.917. The molecule has 1 aliphatic heterocycles. The van der Waals surface area contributed by atoms with Gasteiger partial charge in [-0.25, -0.2) is 0 Å². The van der Waals surface area contributed by atoms with E-state index in [1.807, 2.05) is 0 Å². The highest BCUT2D eigenvalue weighted by Crippen LogP contribution is 2.16. The summed E-state index contributed by atoms with van der Waals surface area (Å²) in [6, 6.07) is 0. The zero-order valence-electron chi connectivity index (χ0n) is 9.59. The minimum Gasteiger partial charge on any atom is -0.342 e. The van der Waals surface area contributed by atoms with E-state index in [9.17, 15) is 4.79 Å². The zero-order chi connectivity index (χ0) is 10.4. The lowest BCUT2D eigenvalue weighted by Gasteiger charge is -2.24. The van der Waals surface area contributed by atoms with E-state index in [4.69, 9.17) is 0 Å². The van der Waals surface area contributed by atoms with Crippen LogP contribution in [0.3, 0.4) is 0 Å². The van der Waals surface area contributed by atoms with Crippen LogP contribution in [-0.2, 0) is 4.79 Å². The topological polar surface area (TPSA) is 20.3 Å². The second-order valence-electron chi connectivity index (χ2n) is 4.25. The smallest absolute Gasteiger partial charge is 0.225 e. The molecule has 1 rings (SSSR count). The molecule has 0 spiro atoms. The van der Waals surface area contributed by atoms with Crippen molar-refractivity contribution in [3.63, 3.8) is 0 Å². The molecule has 82 valence electrons. The van der Waals surface area contributed by atoms with Crippen molar-refractivity contribution < 1.29 is 4.79 Å². The summed E-state index contributed by atoms with van der Waals surface area (Å²) in [5, 5.41) is 0. The van der Waals surface area contributed by atoms with Crippen molar-refractivity contribution in [2.45, 2.75) is 52.4 Å². The van der Waals surface area contributed by atoms with Gasteiger partial charge in [0, 0.05) is 19.0 Å². The molecule has 0 radical (unpaired) electrons. The van der Waals surface area contributed by atoms with E-state index in [-0.39, 0.29) is 5.92 Å². The van der Waals surface area contributed by atoms with Crippen LogP contribution in [0.2, 0.25) is 0 Å². The Hall–Kier alpha value is -0.530. The molecule has 1 saturated heterocycles. The number of carbonyl (C=O) groups excluding carboxylic acids is 1. The van der Waals surface area contributed by atoms with Crippen LogP contribution in [0.4, 0.5) is 0 Å². The first kappa shape index (κ1) is 11.5. The lowest BCUT2D eigenvalue weighted by atomic mass is 10.0. The fourth-order valence-corrected chi connectivity index (χ4v) is 2.19. The molecule has 1 aliphatic rings. The molecule has 1 heterocycles. The normalized spacial score (nSPS) is 18.4. The lowest BCUT2D eigenvalue weighted by molar-refractivity contribution is -0.135. The Balaban J connectivity index is 2.48. The Bertz CT molecular complexity index is 167. The number of likely N-dealkylation sites (tertiary alicyclic amines) is 1. The second-order valence-corrected chi connectivity index (χ2v) is 4.25. The number of rotatable bonds is 3. The van der Waals surface area contributed by atoms with Gasteiger partial charge in [0.05, 0.1) is 0 Å². The highest BCUT2D eigenvalue weighted by atomic mass is 16.2. The van der Waals surface area contributed by atoms with Crippen LogP contribution in [0.1, 0.15) is 52.4 Å². The van der Waals surface area contributed by atoms with Crippen molar-refractivity contribution in [1.82, 2.24) is 4.90 Å². The van der Waals surface area contributed by atoms with Crippen LogP contribution < -0.4 is 0 Å². The van der Waals surface area contributed by atoms with Crippen LogP contribution in [0.15, 0.2) is 0 Å². The first-order valence-electron chi connectivity index (χ1n) is 6.08. The lowest BCUT2D eigenvalue weighted by Crippen LogP contribution is -2.36. The van der Waals surface area contributed by atoms with Gasteiger partial charge in [-0.15, -0.1) is 0 Å². The fourth-order valence-electron chi connectivity index (χ4n) is 2.19. The van der Waals surface area contributed by atoms with Gasteiger partial charge in [-0.1, -0.05) is 26.7 Å². The van der Waals surface area contributed by atoms with Gasteiger partial charge < -0.3 is 4.90 Å². The molecule has 0 unspecified atom stereocenters. The Morgan fingerprint density at radius 3 is 2.00 bits per heavy atom. The number of carbonyl (C=O) groups is 1. The van der Waals surface area contributed by atoms with Gasteiger partial charge in [-0.3, -0.25) is 4.79 Å². The highest BCUT2D eigenvalue weighted by molar-refractivity contribution is 5.78. The quantitative estimate of drug-likeness (QED) is 0.681. The summed E-state index contributed by atoms with van der Waals surface area (Å²) >= 11 is 0. The standard InChI is InChI=1S/C12H23NO/c1-3-11(4-2)12(14)13-9-7-5-6-8-10-13/h11H,3-10H2,1-2H3. The summed E-state index contributed by atoms with van der Waals surface area (Å²) in [6.07, 6.45) is 6.98. The molecule has 0 aromatic heterocycles. The summed E-state index contributed by atoms with van der Waals surface area (Å²) in [7, 11) is 0. The molecule has 0 aromatic carbocycles. The number of hydrogen-bond acceptors (Lipinski definition) is 1. The van der Waals surface area contributed by atoms with E-state index in [1.165, 1.54) is 25.7 Å². The summed E-state index contributed by atoms with van der Waals surface area (Å²) in [5.74, 6) is 0.671.